The van der Waals surface area contributed by atoms with Gasteiger partial charge in [-0.2, -0.15) is 26.3 Å². The monoisotopic (exact) mass is 222 g/mol. The van der Waals surface area contributed by atoms with E-state index in [1.54, 1.807) is 0 Å². The third-order valence-corrected chi connectivity index (χ3v) is 1.50. The summed E-state index contributed by atoms with van der Waals surface area (Å²) in [4.78, 5) is 0. The van der Waals surface area contributed by atoms with Crippen molar-refractivity contribution in [2.75, 3.05) is 0 Å². The molecule has 1 atom stereocenters. The van der Waals surface area contributed by atoms with Crippen LogP contribution in [0.25, 0.3) is 0 Å². The van der Waals surface area contributed by atoms with Gasteiger partial charge in [0, 0.05) is 0 Å². The molecule has 0 saturated carbocycles. The molecule has 7 heteroatoms. The quantitative estimate of drug-likeness (QED) is 0.575. The third kappa shape index (κ3) is 3.57. The van der Waals surface area contributed by atoms with Crippen molar-refractivity contribution in [3.05, 3.63) is 12.7 Å². The second kappa shape index (κ2) is 4.20. The molecule has 0 aromatic carbocycles. The Kier molecular flexibility index (Phi) is 3.99. The standard InChI is InChI=1S/C7H8F6O/c1-2-3-4(14)5(6(8,9)10)7(11,12)13/h2,4-5,14H,1,3H2. The van der Waals surface area contributed by atoms with Crippen molar-refractivity contribution >= 4 is 0 Å². The zero-order valence-corrected chi connectivity index (χ0v) is 6.86. The summed E-state index contributed by atoms with van der Waals surface area (Å²) in [5.74, 6) is -3.71. The highest BCUT2D eigenvalue weighted by Gasteiger charge is 2.59. The lowest BCUT2D eigenvalue weighted by atomic mass is 9.98. The van der Waals surface area contributed by atoms with Gasteiger partial charge in [0.15, 0.2) is 5.92 Å². The largest absolute Gasteiger partial charge is 0.403 e. The van der Waals surface area contributed by atoms with Gasteiger partial charge in [-0.15, -0.1) is 6.58 Å². The summed E-state index contributed by atoms with van der Waals surface area (Å²) in [6, 6.07) is 0. The summed E-state index contributed by atoms with van der Waals surface area (Å²) in [6.07, 6.45) is -13.5. The minimum Gasteiger partial charge on any atom is -0.392 e. The first kappa shape index (κ1) is 13.3. The van der Waals surface area contributed by atoms with Crippen LogP contribution in [0.3, 0.4) is 0 Å². The second-order valence-electron chi connectivity index (χ2n) is 2.65. The van der Waals surface area contributed by atoms with Crippen LogP contribution in [-0.4, -0.2) is 23.6 Å². The van der Waals surface area contributed by atoms with E-state index in [1.165, 1.54) is 0 Å². The lowest BCUT2D eigenvalue weighted by molar-refractivity contribution is -0.305. The Morgan fingerprint density at radius 1 is 1.07 bits per heavy atom. The molecular weight excluding hydrogens is 214 g/mol. The van der Waals surface area contributed by atoms with E-state index in [0.717, 1.165) is 6.08 Å². The molecule has 0 amide bonds. The molecular formula is C7H8F6O. The highest BCUT2D eigenvalue weighted by atomic mass is 19.4. The van der Waals surface area contributed by atoms with E-state index in [2.05, 4.69) is 6.58 Å². The van der Waals surface area contributed by atoms with Crippen LogP contribution < -0.4 is 0 Å². The summed E-state index contributed by atoms with van der Waals surface area (Å²) in [7, 11) is 0. The van der Waals surface area contributed by atoms with E-state index < -0.39 is 30.8 Å². The maximum absolute atomic E-state index is 11.9. The molecule has 0 radical (unpaired) electrons. The minimum atomic E-state index is -5.50. The summed E-state index contributed by atoms with van der Waals surface area (Å²) < 4.78 is 71.3. The van der Waals surface area contributed by atoms with Crippen LogP contribution in [0.15, 0.2) is 12.7 Å². The van der Waals surface area contributed by atoms with Gasteiger partial charge in [-0.25, -0.2) is 0 Å². The van der Waals surface area contributed by atoms with E-state index in [4.69, 9.17) is 5.11 Å². The topological polar surface area (TPSA) is 20.2 Å². The van der Waals surface area contributed by atoms with Crippen LogP contribution in [-0.2, 0) is 0 Å². The van der Waals surface area contributed by atoms with E-state index in [0.29, 0.717) is 0 Å². The summed E-state index contributed by atoms with van der Waals surface area (Å²) in [6.45, 7) is 2.95. The molecule has 84 valence electrons. The average Bonchev–Trinajstić information content (AvgIpc) is 1.78. The van der Waals surface area contributed by atoms with Crippen molar-refractivity contribution in [2.45, 2.75) is 24.9 Å². The number of hydrogen-bond donors (Lipinski definition) is 1. The predicted octanol–water partition coefficient (Wildman–Crippen LogP) is 2.66. The molecule has 0 rings (SSSR count). The molecule has 0 bridgehead atoms. The average molecular weight is 222 g/mol. The molecule has 0 fully saturated rings. The van der Waals surface area contributed by atoms with Crippen molar-refractivity contribution in [1.29, 1.82) is 0 Å². The maximum Gasteiger partial charge on any atom is 0.403 e. The van der Waals surface area contributed by atoms with Gasteiger partial charge in [-0.3, -0.25) is 0 Å². The number of halogens is 6. The Morgan fingerprint density at radius 2 is 1.43 bits per heavy atom. The van der Waals surface area contributed by atoms with Crippen LogP contribution >= 0.6 is 0 Å². The Hall–Kier alpha value is -0.720. The molecule has 0 aliphatic rings. The normalized spacial score (nSPS) is 15.7. The zero-order valence-electron chi connectivity index (χ0n) is 6.86. The van der Waals surface area contributed by atoms with Gasteiger partial charge in [-0.05, 0) is 6.42 Å². The number of rotatable bonds is 3. The predicted molar refractivity (Wildman–Crippen MR) is 36.4 cm³/mol. The Labute approximate surface area is 76.0 Å². The molecule has 0 aliphatic carbocycles. The number of hydrogen-bond acceptors (Lipinski definition) is 1. The number of alkyl halides is 6. The summed E-state index contributed by atoms with van der Waals surface area (Å²) in [5.41, 5.74) is 0. The fourth-order valence-electron chi connectivity index (χ4n) is 0.929. The van der Waals surface area contributed by atoms with Crippen LogP contribution in [0.5, 0.6) is 0 Å². The van der Waals surface area contributed by atoms with E-state index in [1.807, 2.05) is 0 Å². The minimum absolute atomic E-state index is 0.760. The molecule has 0 heterocycles. The fourth-order valence-corrected chi connectivity index (χ4v) is 0.929. The van der Waals surface area contributed by atoms with Gasteiger partial charge in [0.25, 0.3) is 0 Å². The Morgan fingerprint density at radius 3 is 1.64 bits per heavy atom. The van der Waals surface area contributed by atoms with Gasteiger partial charge in [0.05, 0.1) is 6.10 Å². The molecule has 1 nitrogen and oxygen atoms in total. The van der Waals surface area contributed by atoms with Gasteiger partial charge in [0.2, 0.25) is 0 Å². The van der Waals surface area contributed by atoms with E-state index in [9.17, 15) is 26.3 Å². The van der Waals surface area contributed by atoms with Crippen LogP contribution in [0.1, 0.15) is 6.42 Å². The third-order valence-electron chi connectivity index (χ3n) is 1.50. The first-order valence-corrected chi connectivity index (χ1v) is 3.53. The van der Waals surface area contributed by atoms with E-state index in [-0.39, 0.29) is 0 Å². The van der Waals surface area contributed by atoms with Gasteiger partial charge in [0.1, 0.15) is 0 Å². The van der Waals surface area contributed by atoms with Gasteiger partial charge >= 0.3 is 12.4 Å². The van der Waals surface area contributed by atoms with Crippen molar-refractivity contribution in [1.82, 2.24) is 0 Å². The summed E-state index contributed by atoms with van der Waals surface area (Å²) >= 11 is 0. The Bertz CT molecular complexity index is 179. The van der Waals surface area contributed by atoms with Gasteiger partial charge in [-0.1, -0.05) is 6.08 Å². The molecule has 1 N–H and O–H groups in total. The van der Waals surface area contributed by atoms with Crippen molar-refractivity contribution in [3.8, 4) is 0 Å². The van der Waals surface area contributed by atoms with Crippen LogP contribution in [0.4, 0.5) is 26.3 Å². The SMILES string of the molecule is C=CCC(O)C(C(F)(F)F)C(F)(F)F. The zero-order chi connectivity index (χ0) is 11.6. The summed E-state index contributed by atoms with van der Waals surface area (Å²) in [5, 5.41) is 8.67. The van der Waals surface area contributed by atoms with Crippen molar-refractivity contribution in [3.63, 3.8) is 0 Å². The lowest BCUT2D eigenvalue weighted by Gasteiger charge is -2.26. The molecule has 14 heavy (non-hydrogen) atoms. The molecule has 0 aromatic heterocycles. The number of aliphatic hydroxyl groups excluding tert-OH is 1. The molecule has 0 aliphatic heterocycles. The van der Waals surface area contributed by atoms with Gasteiger partial charge < -0.3 is 5.11 Å². The Balaban J connectivity index is 4.83. The first-order chi connectivity index (χ1) is 6.10. The van der Waals surface area contributed by atoms with E-state index >= 15 is 0 Å². The van der Waals surface area contributed by atoms with Crippen LogP contribution in [0, 0.1) is 5.92 Å². The first-order valence-electron chi connectivity index (χ1n) is 3.53. The van der Waals surface area contributed by atoms with Crippen molar-refractivity contribution < 1.29 is 31.4 Å². The van der Waals surface area contributed by atoms with Crippen molar-refractivity contribution in [2.24, 2.45) is 5.92 Å². The highest BCUT2D eigenvalue weighted by molar-refractivity contribution is 4.86. The maximum atomic E-state index is 11.9. The second-order valence-corrected chi connectivity index (χ2v) is 2.65. The molecule has 0 saturated heterocycles. The molecule has 0 spiro atoms. The number of aliphatic hydroxyl groups is 1. The smallest absolute Gasteiger partial charge is 0.392 e. The molecule has 1 unspecified atom stereocenters. The van der Waals surface area contributed by atoms with Crippen LogP contribution in [0.2, 0.25) is 0 Å². The highest BCUT2D eigenvalue weighted by Crippen LogP contribution is 2.42. The molecule has 0 aromatic rings. The lowest BCUT2D eigenvalue weighted by Crippen LogP contribution is -2.44. The fraction of sp³-hybridized carbons (Fsp3) is 0.714.